The van der Waals surface area contributed by atoms with Gasteiger partial charge >= 0.3 is 0 Å². The van der Waals surface area contributed by atoms with E-state index in [4.69, 9.17) is 14.2 Å². The van der Waals surface area contributed by atoms with Crippen molar-refractivity contribution in [3.05, 3.63) is 11.6 Å². The van der Waals surface area contributed by atoms with E-state index in [9.17, 15) is 5.11 Å². The Bertz CT molecular complexity index is 784. The second-order valence-corrected chi connectivity index (χ2v) is 13.0. The van der Waals surface area contributed by atoms with Crippen molar-refractivity contribution in [2.24, 2.45) is 46.3 Å². The van der Waals surface area contributed by atoms with E-state index in [1.807, 2.05) is 0 Å². The summed E-state index contributed by atoms with van der Waals surface area (Å²) in [6.45, 7) is 10.5. The quantitative estimate of drug-likeness (QED) is 0.555. The van der Waals surface area contributed by atoms with E-state index in [2.05, 4.69) is 33.8 Å². The van der Waals surface area contributed by atoms with Crippen molar-refractivity contribution in [3.63, 3.8) is 0 Å². The van der Waals surface area contributed by atoms with Gasteiger partial charge in [-0.2, -0.15) is 0 Å². The zero-order valence-electron chi connectivity index (χ0n) is 20.8. The van der Waals surface area contributed by atoms with Gasteiger partial charge in [0.15, 0.2) is 5.79 Å². The van der Waals surface area contributed by atoms with E-state index in [0.29, 0.717) is 47.0 Å². The van der Waals surface area contributed by atoms with Crippen molar-refractivity contribution in [3.8, 4) is 0 Å². The van der Waals surface area contributed by atoms with Crippen LogP contribution in [0.15, 0.2) is 11.6 Å². The van der Waals surface area contributed by atoms with Crippen molar-refractivity contribution in [1.29, 1.82) is 0 Å². The fourth-order valence-corrected chi connectivity index (χ4v) is 9.88. The average molecular weight is 445 g/mol. The largest absolute Gasteiger partial charge is 0.392 e. The number of aliphatic hydroxyl groups is 1. The predicted octanol–water partition coefficient (Wildman–Crippen LogP) is 5.34. The van der Waals surface area contributed by atoms with Crippen LogP contribution >= 0.6 is 0 Å². The van der Waals surface area contributed by atoms with Crippen molar-refractivity contribution in [2.75, 3.05) is 13.7 Å². The zero-order chi connectivity index (χ0) is 22.5. The summed E-state index contributed by atoms with van der Waals surface area (Å²) in [5, 5.41) is 11.3. The summed E-state index contributed by atoms with van der Waals surface area (Å²) in [7, 11) is 1.79. The second kappa shape index (κ2) is 7.29. The molecule has 0 radical (unpaired) electrons. The highest BCUT2D eigenvalue weighted by Gasteiger charge is 2.69. The molecule has 0 amide bonds. The maximum atomic E-state index is 11.3. The summed E-state index contributed by atoms with van der Waals surface area (Å²) in [6, 6.07) is 0. The van der Waals surface area contributed by atoms with Crippen LogP contribution < -0.4 is 0 Å². The Hall–Kier alpha value is -0.420. The van der Waals surface area contributed by atoms with E-state index in [0.717, 1.165) is 25.9 Å². The van der Waals surface area contributed by atoms with Gasteiger partial charge in [-0.05, 0) is 73.5 Å². The van der Waals surface area contributed by atoms with Crippen LogP contribution in [-0.4, -0.2) is 42.9 Å². The van der Waals surface area contributed by atoms with Gasteiger partial charge in [-0.3, -0.25) is 0 Å². The standard InChI is InChI=1S/C28H44O4/c1-16-8-11-28(31-15-16)17(2)25-23(32-28)14-22-20-7-6-18-12-19(30-5)13-24(29)27(18,4)21(20)9-10-26(22,25)3/h6,16-17,19-25,29H,7-15H2,1-5H3/t16?,17?,19-,20?,21?,22?,23+,24-,25?,26+,27+,28?/m1/s1. The molecule has 0 aromatic carbocycles. The van der Waals surface area contributed by atoms with Crippen molar-refractivity contribution in [1.82, 2.24) is 0 Å². The Morgan fingerprint density at radius 2 is 1.91 bits per heavy atom. The van der Waals surface area contributed by atoms with Crippen LogP contribution in [0.1, 0.15) is 79.1 Å². The minimum Gasteiger partial charge on any atom is -0.392 e. The van der Waals surface area contributed by atoms with Crippen LogP contribution in [0.4, 0.5) is 0 Å². The molecule has 2 heterocycles. The van der Waals surface area contributed by atoms with Crippen LogP contribution in [-0.2, 0) is 14.2 Å². The number of hydrogen-bond donors (Lipinski definition) is 1. The molecular formula is C28H44O4. The lowest BCUT2D eigenvalue weighted by Crippen LogP contribution is -2.56. The highest BCUT2D eigenvalue weighted by Crippen LogP contribution is 2.70. The van der Waals surface area contributed by atoms with Gasteiger partial charge in [-0.1, -0.05) is 39.3 Å². The zero-order valence-corrected chi connectivity index (χ0v) is 20.8. The molecule has 12 atom stereocenters. The lowest BCUT2D eigenvalue weighted by Gasteiger charge is -2.59. The van der Waals surface area contributed by atoms with Crippen LogP contribution in [0.5, 0.6) is 0 Å². The molecule has 6 rings (SSSR count). The first kappa shape index (κ1) is 22.1. The predicted molar refractivity (Wildman–Crippen MR) is 124 cm³/mol. The molecule has 32 heavy (non-hydrogen) atoms. The van der Waals surface area contributed by atoms with E-state index in [1.165, 1.54) is 37.7 Å². The van der Waals surface area contributed by atoms with E-state index in [-0.39, 0.29) is 23.4 Å². The molecule has 3 saturated carbocycles. The van der Waals surface area contributed by atoms with Gasteiger partial charge in [-0.25, -0.2) is 0 Å². The van der Waals surface area contributed by atoms with Gasteiger partial charge in [0.2, 0.25) is 0 Å². The summed E-state index contributed by atoms with van der Waals surface area (Å²) in [5.41, 5.74) is 1.73. The molecule has 1 spiro atoms. The van der Waals surface area contributed by atoms with Gasteiger partial charge in [0.1, 0.15) is 0 Å². The van der Waals surface area contributed by atoms with E-state index < -0.39 is 0 Å². The molecule has 0 bridgehead atoms. The SMILES string of the molecule is CO[C@@H]1CC2=CCC3C4C[C@@H]5OC6(CCC(C)CO6)C(C)C5[C@@]4(C)CCC3[C@@]2(C)[C@H](O)C1. The monoisotopic (exact) mass is 444 g/mol. The Balaban J connectivity index is 1.28. The molecule has 2 aliphatic heterocycles. The molecule has 0 aromatic heterocycles. The Kier molecular flexibility index (Phi) is 5.03. The number of rotatable bonds is 1. The Labute approximate surface area is 194 Å². The first-order valence-electron chi connectivity index (χ1n) is 13.4. The van der Waals surface area contributed by atoms with Gasteiger partial charge in [0.05, 0.1) is 24.9 Å². The molecule has 7 unspecified atom stereocenters. The maximum Gasteiger partial charge on any atom is 0.171 e. The second-order valence-electron chi connectivity index (χ2n) is 13.0. The highest BCUT2D eigenvalue weighted by molar-refractivity contribution is 5.28. The average Bonchev–Trinajstić information content (AvgIpc) is 3.21. The lowest BCUT2D eigenvalue weighted by atomic mass is 9.46. The van der Waals surface area contributed by atoms with Crippen LogP contribution in [0.25, 0.3) is 0 Å². The Morgan fingerprint density at radius 1 is 1.09 bits per heavy atom. The van der Waals surface area contributed by atoms with Gasteiger partial charge in [0, 0.05) is 31.3 Å². The van der Waals surface area contributed by atoms with Gasteiger partial charge in [0.25, 0.3) is 0 Å². The molecule has 4 heteroatoms. The number of fused-ring (bicyclic) bond motifs is 7. The number of methoxy groups -OCH3 is 1. The first-order valence-corrected chi connectivity index (χ1v) is 13.4. The fraction of sp³-hybridized carbons (Fsp3) is 0.929. The van der Waals surface area contributed by atoms with E-state index >= 15 is 0 Å². The summed E-state index contributed by atoms with van der Waals surface area (Å²) in [4.78, 5) is 0. The number of aliphatic hydroxyl groups excluding tert-OH is 1. The van der Waals surface area contributed by atoms with Crippen LogP contribution in [0.3, 0.4) is 0 Å². The third kappa shape index (κ3) is 2.76. The first-order chi connectivity index (χ1) is 15.2. The van der Waals surface area contributed by atoms with Gasteiger partial charge in [-0.15, -0.1) is 0 Å². The third-order valence-corrected chi connectivity index (χ3v) is 11.8. The molecule has 4 nitrogen and oxygen atoms in total. The van der Waals surface area contributed by atoms with Crippen molar-refractivity contribution in [2.45, 2.75) is 103 Å². The minimum absolute atomic E-state index is 0.0761. The minimum atomic E-state index is -0.326. The van der Waals surface area contributed by atoms with Crippen LogP contribution in [0.2, 0.25) is 0 Å². The lowest BCUT2D eigenvalue weighted by molar-refractivity contribution is -0.272. The molecule has 5 fully saturated rings. The summed E-state index contributed by atoms with van der Waals surface area (Å²) in [6.07, 6.45) is 11.7. The van der Waals surface area contributed by atoms with Crippen LogP contribution in [0, 0.1) is 46.3 Å². The third-order valence-electron chi connectivity index (χ3n) is 11.8. The molecule has 180 valence electrons. The summed E-state index contributed by atoms with van der Waals surface area (Å²) >= 11 is 0. The van der Waals surface area contributed by atoms with Crippen molar-refractivity contribution >= 4 is 0 Å². The topological polar surface area (TPSA) is 47.9 Å². The number of allylic oxidation sites excluding steroid dienone is 1. The summed E-state index contributed by atoms with van der Waals surface area (Å²) in [5.74, 6) is 3.35. The molecule has 2 saturated heterocycles. The Morgan fingerprint density at radius 3 is 2.62 bits per heavy atom. The highest BCUT2D eigenvalue weighted by atomic mass is 16.7. The maximum absolute atomic E-state index is 11.3. The fourth-order valence-electron chi connectivity index (χ4n) is 9.88. The normalized spacial score (nSPS) is 59.2. The van der Waals surface area contributed by atoms with Crippen molar-refractivity contribution < 1.29 is 19.3 Å². The molecular weight excluding hydrogens is 400 g/mol. The van der Waals surface area contributed by atoms with E-state index in [1.54, 1.807) is 7.11 Å². The molecule has 6 aliphatic rings. The molecule has 4 aliphatic carbocycles. The molecule has 0 aromatic rings. The summed E-state index contributed by atoms with van der Waals surface area (Å²) < 4.78 is 19.0. The smallest absolute Gasteiger partial charge is 0.171 e. The molecule has 1 N–H and O–H groups in total. The number of ether oxygens (including phenoxy) is 3. The van der Waals surface area contributed by atoms with Gasteiger partial charge < -0.3 is 19.3 Å². The number of hydrogen-bond acceptors (Lipinski definition) is 4.